The molecule has 0 aliphatic carbocycles. The first kappa shape index (κ1) is 9.66. The van der Waals surface area contributed by atoms with Gasteiger partial charge in [-0.2, -0.15) is 0 Å². The maximum Gasteiger partial charge on any atom is 0.264 e. The van der Waals surface area contributed by atoms with Gasteiger partial charge in [0.05, 0.1) is 5.56 Å². The zero-order valence-electron chi connectivity index (χ0n) is 8.26. The molecule has 0 saturated carbocycles. The van der Waals surface area contributed by atoms with Crippen LogP contribution in [0.2, 0.25) is 0 Å². The highest BCUT2D eigenvalue weighted by Gasteiger charge is 2.32. The third-order valence-electron chi connectivity index (χ3n) is 2.56. The second-order valence-electron chi connectivity index (χ2n) is 3.59. The van der Waals surface area contributed by atoms with Gasteiger partial charge in [0.2, 0.25) is 0 Å². The molecule has 0 fully saturated rings. The van der Waals surface area contributed by atoms with Gasteiger partial charge in [0.15, 0.2) is 6.23 Å². The number of nitrogens with zero attached hydrogens (tertiary/aromatic N) is 1. The average molecular weight is 278 g/mol. The Labute approximate surface area is 101 Å². The minimum atomic E-state index is -0.330. The van der Waals surface area contributed by atoms with Gasteiger partial charge >= 0.3 is 0 Å². The molecule has 1 unspecified atom stereocenters. The molecular weight excluding hydrogens is 270 g/mol. The van der Waals surface area contributed by atoms with Crippen LogP contribution in [0.25, 0.3) is 0 Å². The van der Waals surface area contributed by atoms with E-state index in [0.717, 1.165) is 4.48 Å². The molecule has 0 radical (unpaired) electrons. The fourth-order valence-corrected chi connectivity index (χ4v) is 2.18. The minimum absolute atomic E-state index is 0.0341. The van der Waals surface area contributed by atoms with Crippen molar-refractivity contribution in [3.63, 3.8) is 0 Å². The van der Waals surface area contributed by atoms with Gasteiger partial charge in [-0.15, -0.1) is 0 Å². The molecule has 80 valence electrons. The van der Waals surface area contributed by atoms with Crippen LogP contribution in [-0.4, -0.2) is 17.0 Å². The molecular formula is C12H8BrNO2. The monoisotopic (exact) mass is 277 g/mol. The molecule has 4 heteroatoms. The SMILES string of the molecule is O=C1c2ccccc2OC2C=CC(Br)=CN12. The van der Waals surface area contributed by atoms with Crippen molar-refractivity contribution in [1.29, 1.82) is 0 Å². The Morgan fingerprint density at radius 2 is 2.12 bits per heavy atom. The zero-order valence-corrected chi connectivity index (χ0v) is 9.85. The van der Waals surface area contributed by atoms with Crippen molar-refractivity contribution >= 4 is 21.8 Å². The van der Waals surface area contributed by atoms with E-state index in [1.807, 2.05) is 30.4 Å². The molecule has 2 aliphatic heterocycles. The number of fused-ring (bicyclic) bond motifs is 2. The average Bonchev–Trinajstić information content (AvgIpc) is 2.31. The van der Waals surface area contributed by atoms with E-state index in [2.05, 4.69) is 15.9 Å². The Bertz CT molecular complexity index is 522. The molecule has 1 aromatic rings. The summed E-state index contributed by atoms with van der Waals surface area (Å²) in [4.78, 5) is 13.7. The maximum atomic E-state index is 12.1. The second kappa shape index (κ2) is 3.49. The van der Waals surface area contributed by atoms with Crippen LogP contribution in [0.15, 0.2) is 47.1 Å². The number of rotatable bonds is 0. The van der Waals surface area contributed by atoms with Gasteiger partial charge in [0.25, 0.3) is 5.91 Å². The number of hydrogen-bond donors (Lipinski definition) is 0. The number of ether oxygens (including phenoxy) is 1. The molecule has 1 atom stereocenters. The van der Waals surface area contributed by atoms with Crippen molar-refractivity contribution in [3.05, 3.63) is 52.7 Å². The van der Waals surface area contributed by atoms with Gasteiger partial charge in [-0.05, 0) is 40.2 Å². The van der Waals surface area contributed by atoms with E-state index in [4.69, 9.17) is 4.74 Å². The van der Waals surface area contributed by atoms with E-state index in [1.54, 1.807) is 17.2 Å². The third-order valence-corrected chi connectivity index (χ3v) is 3.03. The number of allylic oxidation sites excluding steroid dienone is 2. The summed E-state index contributed by atoms with van der Waals surface area (Å²) in [6, 6.07) is 7.28. The Hall–Kier alpha value is -1.55. The summed E-state index contributed by atoms with van der Waals surface area (Å²) in [6.07, 6.45) is 5.13. The minimum Gasteiger partial charge on any atom is -0.466 e. The highest BCUT2D eigenvalue weighted by atomic mass is 79.9. The number of amides is 1. The third kappa shape index (κ3) is 1.38. The Morgan fingerprint density at radius 1 is 1.31 bits per heavy atom. The van der Waals surface area contributed by atoms with Gasteiger partial charge < -0.3 is 4.74 Å². The summed E-state index contributed by atoms with van der Waals surface area (Å²) in [6.45, 7) is 0. The summed E-state index contributed by atoms with van der Waals surface area (Å²) in [5.41, 5.74) is 0.602. The van der Waals surface area contributed by atoms with Crippen LogP contribution >= 0.6 is 15.9 Å². The number of carbonyl (C=O) groups is 1. The van der Waals surface area contributed by atoms with E-state index in [9.17, 15) is 4.79 Å². The van der Waals surface area contributed by atoms with Crippen LogP contribution in [0, 0.1) is 0 Å². The fourth-order valence-electron chi connectivity index (χ4n) is 1.80. The second-order valence-corrected chi connectivity index (χ2v) is 4.51. The smallest absolute Gasteiger partial charge is 0.264 e. The molecule has 2 heterocycles. The molecule has 3 nitrogen and oxygen atoms in total. The van der Waals surface area contributed by atoms with Gasteiger partial charge in [-0.1, -0.05) is 12.1 Å². The summed E-state index contributed by atoms with van der Waals surface area (Å²) >= 11 is 3.34. The van der Waals surface area contributed by atoms with Crippen molar-refractivity contribution in [1.82, 2.24) is 4.90 Å². The van der Waals surface area contributed by atoms with E-state index >= 15 is 0 Å². The lowest BCUT2D eigenvalue weighted by Gasteiger charge is -2.34. The largest absolute Gasteiger partial charge is 0.466 e. The van der Waals surface area contributed by atoms with Gasteiger partial charge in [0, 0.05) is 10.7 Å². The Balaban J connectivity index is 2.09. The number of halogens is 1. The van der Waals surface area contributed by atoms with Crippen LogP contribution in [-0.2, 0) is 0 Å². The molecule has 0 spiro atoms. The van der Waals surface area contributed by atoms with Crippen LogP contribution in [0.5, 0.6) is 5.75 Å². The topological polar surface area (TPSA) is 29.5 Å². The standard InChI is InChI=1S/C12H8BrNO2/c13-8-5-6-11-14(7-8)12(15)9-3-1-2-4-10(9)16-11/h1-7,11H. The van der Waals surface area contributed by atoms with Crippen LogP contribution < -0.4 is 4.74 Å². The number of hydrogen-bond acceptors (Lipinski definition) is 2. The van der Waals surface area contributed by atoms with Crippen molar-refractivity contribution in [2.45, 2.75) is 6.23 Å². The molecule has 0 bridgehead atoms. The first-order valence-corrected chi connectivity index (χ1v) is 5.69. The predicted octanol–water partition coefficient (Wildman–Crippen LogP) is 2.65. The highest BCUT2D eigenvalue weighted by molar-refractivity contribution is 9.11. The van der Waals surface area contributed by atoms with Gasteiger partial charge in [0.1, 0.15) is 5.75 Å². The van der Waals surface area contributed by atoms with Crippen LogP contribution in [0.4, 0.5) is 0 Å². The predicted molar refractivity (Wildman–Crippen MR) is 63.2 cm³/mol. The lowest BCUT2D eigenvalue weighted by Crippen LogP contribution is -2.43. The normalized spacial score (nSPS) is 22.1. The first-order chi connectivity index (χ1) is 7.75. The van der Waals surface area contributed by atoms with Crippen LogP contribution in [0.1, 0.15) is 10.4 Å². The van der Waals surface area contributed by atoms with Crippen molar-refractivity contribution in [3.8, 4) is 5.75 Å². The lowest BCUT2D eigenvalue weighted by molar-refractivity contribution is 0.0462. The number of benzene rings is 1. The molecule has 16 heavy (non-hydrogen) atoms. The summed E-state index contributed by atoms with van der Waals surface area (Å²) in [5.74, 6) is 0.609. The maximum absolute atomic E-state index is 12.1. The number of para-hydroxylation sites is 1. The van der Waals surface area contributed by atoms with Crippen LogP contribution in [0.3, 0.4) is 0 Å². The fraction of sp³-hybridized carbons (Fsp3) is 0.0833. The summed E-state index contributed by atoms with van der Waals surface area (Å²) in [7, 11) is 0. The first-order valence-electron chi connectivity index (χ1n) is 4.89. The molecule has 0 saturated heterocycles. The molecule has 0 N–H and O–H groups in total. The summed E-state index contributed by atoms with van der Waals surface area (Å²) < 4.78 is 6.57. The number of carbonyl (C=O) groups excluding carboxylic acids is 1. The van der Waals surface area contributed by atoms with E-state index < -0.39 is 0 Å². The molecule has 0 aromatic heterocycles. The molecule has 1 amide bonds. The Kier molecular flexibility index (Phi) is 2.11. The zero-order chi connectivity index (χ0) is 11.1. The van der Waals surface area contributed by atoms with E-state index in [0.29, 0.717) is 11.3 Å². The van der Waals surface area contributed by atoms with Gasteiger partial charge in [-0.25, -0.2) is 0 Å². The quantitative estimate of drug-likeness (QED) is 0.730. The molecule has 3 rings (SSSR count). The van der Waals surface area contributed by atoms with E-state index in [-0.39, 0.29) is 12.1 Å². The molecule has 2 aliphatic rings. The van der Waals surface area contributed by atoms with Gasteiger partial charge in [-0.3, -0.25) is 9.69 Å². The van der Waals surface area contributed by atoms with Crippen molar-refractivity contribution in [2.75, 3.05) is 0 Å². The van der Waals surface area contributed by atoms with Crippen molar-refractivity contribution < 1.29 is 9.53 Å². The van der Waals surface area contributed by atoms with E-state index in [1.165, 1.54) is 0 Å². The lowest BCUT2D eigenvalue weighted by atomic mass is 10.1. The highest BCUT2D eigenvalue weighted by Crippen LogP contribution is 2.31. The molecule has 1 aromatic carbocycles. The van der Waals surface area contributed by atoms with Crippen molar-refractivity contribution in [2.24, 2.45) is 0 Å². The Morgan fingerprint density at radius 3 is 3.00 bits per heavy atom. The summed E-state index contributed by atoms with van der Waals surface area (Å²) in [5, 5.41) is 0.